The Morgan fingerprint density at radius 1 is 1.20 bits per heavy atom. The molecule has 1 aromatic carbocycles. The van der Waals surface area contributed by atoms with Crippen LogP contribution < -0.4 is 10.5 Å². The number of rotatable bonds is 13. The number of ether oxygens (including phenoxy) is 1. The van der Waals surface area contributed by atoms with Crippen LogP contribution in [0.5, 0.6) is 5.75 Å². The standard InChI is InChI=1S/C19H30N2O4/c1-16(24)21(11-7-5-3-2-4-6-10-20)13-18-12-17(14-22)8-9-19(18)25-15-23/h8-9,12,15,22H,2-7,10-11,13-14,20H2,1H3. The summed E-state index contributed by atoms with van der Waals surface area (Å²) in [5, 5.41) is 9.29. The Morgan fingerprint density at radius 3 is 2.48 bits per heavy atom. The van der Waals surface area contributed by atoms with E-state index in [0.717, 1.165) is 49.8 Å². The summed E-state index contributed by atoms with van der Waals surface area (Å²) in [6, 6.07) is 5.11. The Labute approximate surface area is 150 Å². The predicted molar refractivity (Wildman–Crippen MR) is 96.9 cm³/mol. The number of carbonyl (C=O) groups excluding carboxylic acids is 2. The van der Waals surface area contributed by atoms with Crippen LogP contribution in [-0.2, 0) is 22.7 Å². The zero-order valence-corrected chi connectivity index (χ0v) is 15.1. The van der Waals surface area contributed by atoms with E-state index < -0.39 is 0 Å². The third kappa shape index (κ3) is 8.14. The maximum absolute atomic E-state index is 11.9. The highest BCUT2D eigenvalue weighted by atomic mass is 16.5. The zero-order chi connectivity index (χ0) is 18.5. The van der Waals surface area contributed by atoms with Gasteiger partial charge in [0.25, 0.3) is 6.47 Å². The van der Waals surface area contributed by atoms with Crippen LogP contribution in [0.25, 0.3) is 0 Å². The number of benzene rings is 1. The van der Waals surface area contributed by atoms with Crippen molar-refractivity contribution in [3.05, 3.63) is 29.3 Å². The van der Waals surface area contributed by atoms with Gasteiger partial charge in [-0.05, 0) is 37.1 Å². The molecule has 0 radical (unpaired) electrons. The van der Waals surface area contributed by atoms with Gasteiger partial charge in [-0.1, -0.05) is 31.7 Å². The molecule has 0 saturated carbocycles. The molecule has 0 unspecified atom stereocenters. The molecule has 25 heavy (non-hydrogen) atoms. The lowest BCUT2D eigenvalue weighted by Crippen LogP contribution is -2.29. The molecule has 0 aliphatic rings. The smallest absolute Gasteiger partial charge is 0.298 e. The maximum Gasteiger partial charge on any atom is 0.298 e. The summed E-state index contributed by atoms with van der Waals surface area (Å²) in [6.07, 6.45) is 6.56. The molecule has 1 rings (SSSR count). The van der Waals surface area contributed by atoms with Crippen LogP contribution in [0.3, 0.4) is 0 Å². The third-order valence-corrected chi connectivity index (χ3v) is 4.17. The first-order chi connectivity index (χ1) is 12.1. The molecule has 0 saturated heterocycles. The van der Waals surface area contributed by atoms with Crippen molar-refractivity contribution in [3.8, 4) is 5.75 Å². The number of carbonyl (C=O) groups is 2. The highest BCUT2D eigenvalue weighted by molar-refractivity contribution is 5.73. The van der Waals surface area contributed by atoms with Crippen LogP contribution in [0.15, 0.2) is 18.2 Å². The molecule has 1 aromatic rings. The van der Waals surface area contributed by atoms with E-state index in [2.05, 4.69) is 0 Å². The molecule has 3 N–H and O–H groups in total. The monoisotopic (exact) mass is 350 g/mol. The Balaban J connectivity index is 2.59. The first kappa shape index (κ1) is 21.1. The van der Waals surface area contributed by atoms with Gasteiger partial charge in [-0.3, -0.25) is 9.59 Å². The van der Waals surface area contributed by atoms with E-state index in [1.54, 1.807) is 23.1 Å². The molecule has 1 amide bonds. The molecule has 0 spiro atoms. The van der Waals surface area contributed by atoms with E-state index in [4.69, 9.17) is 10.5 Å². The number of nitrogens with two attached hydrogens (primary N) is 1. The van der Waals surface area contributed by atoms with E-state index in [9.17, 15) is 14.7 Å². The maximum atomic E-state index is 11.9. The van der Waals surface area contributed by atoms with Gasteiger partial charge in [0.15, 0.2) is 0 Å². The minimum atomic E-state index is -0.1000. The number of hydrogen-bond donors (Lipinski definition) is 2. The zero-order valence-electron chi connectivity index (χ0n) is 15.1. The van der Waals surface area contributed by atoms with Gasteiger partial charge in [0.1, 0.15) is 5.75 Å². The van der Waals surface area contributed by atoms with Crippen molar-refractivity contribution in [1.29, 1.82) is 0 Å². The van der Waals surface area contributed by atoms with Crippen LogP contribution in [0, 0.1) is 0 Å². The van der Waals surface area contributed by atoms with Crippen molar-refractivity contribution in [2.75, 3.05) is 13.1 Å². The third-order valence-electron chi connectivity index (χ3n) is 4.17. The fourth-order valence-corrected chi connectivity index (χ4v) is 2.73. The van der Waals surface area contributed by atoms with Crippen LogP contribution in [0.1, 0.15) is 56.6 Å². The largest absolute Gasteiger partial charge is 0.428 e. The molecule has 0 atom stereocenters. The van der Waals surface area contributed by atoms with Gasteiger partial charge in [0.05, 0.1) is 6.61 Å². The molecule has 0 aromatic heterocycles. The number of amides is 1. The topological polar surface area (TPSA) is 92.9 Å². The molecular weight excluding hydrogens is 320 g/mol. The lowest BCUT2D eigenvalue weighted by Gasteiger charge is -2.22. The summed E-state index contributed by atoms with van der Waals surface area (Å²) in [6.45, 7) is 3.58. The molecule has 140 valence electrons. The van der Waals surface area contributed by atoms with Gasteiger partial charge in [0, 0.05) is 25.6 Å². The average molecular weight is 350 g/mol. The average Bonchev–Trinajstić information content (AvgIpc) is 2.61. The highest BCUT2D eigenvalue weighted by Crippen LogP contribution is 2.22. The summed E-state index contributed by atoms with van der Waals surface area (Å²) in [4.78, 5) is 24.3. The van der Waals surface area contributed by atoms with Crippen LogP contribution in [-0.4, -0.2) is 35.5 Å². The van der Waals surface area contributed by atoms with Crippen LogP contribution in [0.2, 0.25) is 0 Å². The first-order valence-electron chi connectivity index (χ1n) is 8.91. The molecule has 6 heteroatoms. The van der Waals surface area contributed by atoms with E-state index in [1.807, 2.05) is 0 Å². The van der Waals surface area contributed by atoms with Gasteiger partial charge in [-0.15, -0.1) is 0 Å². The Bertz CT molecular complexity index is 534. The minimum Gasteiger partial charge on any atom is -0.428 e. The summed E-state index contributed by atoms with van der Waals surface area (Å²) < 4.78 is 4.99. The van der Waals surface area contributed by atoms with Gasteiger partial charge in [0.2, 0.25) is 5.91 Å². The van der Waals surface area contributed by atoms with Crippen molar-refractivity contribution in [2.24, 2.45) is 5.73 Å². The quantitative estimate of drug-likeness (QED) is 0.421. The summed E-state index contributed by atoms with van der Waals surface area (Å²) >= 11 is 0. The summed E-state index contributed by atoms with van der Waals surface area (Å²) in [5.41, 5.74) is 6.92. The molecular formula is C19H30N2O4. The second-order valence-corrected chi connectivity index (χ2v) is 6.16. The SMILES string of the molecule is CC(=O)N(CCCCCCCCN)Cc1cc(CO)ccc1OC=O. The van der Waals surface area contributed by atoms with Crippen LogP contribution >= 0.6 is 0 Å². The number of nitrogens with zero attached hydrogens (tertiary/aromatic N) is 1. The van der Waals surface area contributed by atoms with Crippen molar-refractivity contribution in [1.82, 2.24) is 4.90 Å². The van der Waals surface area contributed by atoms with Crippen molar-refractivity contribution in [3.63, 3.8) is 0 Å². The molecule has 0 fully saturated rings. The first-order valence-corrected chi connectivity index (χ1v) is 8.91. The molecule has 0 aliphatic carbocycles. The fourth-order valence-electron chi connectivity index (χ4n) is 2.73. The number of hydrogen-bond acceptors (Lipinski definition) is 5. The van der Waals surface area contributed by atoms with Crippen LogP contribution in [0.4, 0.5) is 0 Å². The van der Waals surface area contributed by atoms with Gasteiger partial charge in [-0.25, -0.2) is 0 Å². The lowest BCUT2D eigenvalue weighted by molar-refractivity contribution is -0.129. The number of aliphatic hydroxyl groups is 1. The predicted octanol–water partition coefficient (Wildman–Crippen LogP) is 2.36. The van der Waals surface area contributed by atoms with E-state index in [1.165, 1.54) is 13.3 Å². The van der Waals surface area contributed by atoms with Gasteiger partial charge >= 0.3 is 0 Å². The van der Waals surface area contributed by atoms with Gasteiger partial charge in [-0.2, -0.15) is 0 Å². The fraction of sp³-hybridized carbons (Fsp3) is 0.579. The van der Waals surface area contributed by atoms with Gasteiger partial charge < -0.3 is 20.5 Å². The minimum absolute atomic E-state index is 0.0189. The van der Waals surface area contributed by atoms with Crippen molar-refractivity contribution < 1.29 is 19.4 Å². The Hall–Kier alpha value is -1.92. The normalized spacial score (nSPS) is 10.5. The van der Waals surface area contributed by atoms with Crippen molar-refractivity contribution in [2.45, 2.75) is 58.6 Å². The van der Waals surface area contributed by atoms with E-state index >= 15 is 0 Å². The Kier molecular flexibility index (Phi) is 10.5. The molecule has 6 nitrogen and oxygen atoms in total. The Morgan fingerprint density at radius 2 is 1.88 bits per heavy atom. The molecule has 0 aliphatic heterocycles. The molecule has 0 bridgehead atoms. The van der Waals surface area contributed by atoms with E-state index in [0.29, 0.717) is 25.3 Å². The number of unbranched alkanes of at least 4 members (excludes halogenated alkanes) is 5. The lowest BCUT2D eigenvalue weighted by atomic mass is 10.1. The highest BCUT2D eigenvalue weighted by Gasteiger charge is 2.13. The molecule has 0 heterocycles. The number of aliphatic hydroxyl groups excluding tert-OH is 1. The summed E-state index contributed by atoms with van der Waals surface area (Å²) in [5.74, 6) is 0.398. The summed E-state index contributed by atoms with van der Waals surface area (Å²) in [7, 11) is 0. The van der Waals surface area contributed by atoms with E-state index in [-0.39, 0.29) is 12.5 Å². The second-order valence-electron chi connectivity index (χ2n) is 6.16. The van der Waals surface area contributed by atoms with Crippen molar-refractivity contribution >= 4 is 12.4 Å². The second kappa shape index (κ2) is 12.4.